The quantitative estimate of drug-likeness (QED) is 0.635. The standard InChI is InChI=1S/C11H6Cl2N4/c12-8-6-9(13)17-11(14-8)15-10(16-17)7-4-2-1-3-5-7/h1-6H. The minimum absolute atomic E-state index is 0.300. The van der Waals surface area contributed by atoms with E-state index in [1.807, 2.05) is 30.3 Å². The second-order valence-corrected chi connectivity index (χ2v) is 4.19. The molecule has 0 spiro atoms. The predicted octanol–water partition coefficient (Wildman–Crippen LogP) is 3.10. The molecule has 17 heavy (non-hydrogen) atoms. The van der Waals surface area contributed by atoms with Gasteiger partial charge in [-0.15, -0.1) is 5.10 Å². The first kappa shape index (κ1) is 10.5. The first-order valence-electron chi connectivity index (χ1n) is 4.88. The van der Waals surface area contributed by atoms with Crippen molar-refractivity contribution in [3.8, 4) is 11.4 Å². The van der Waals surface area contributed by atoms with Gasteiger partial charge in [0.2, 0.25) is 0 Å². The first-order chi connectivity index (χ1) is 8.24. The third kappa shape index (κ3) is 1.85. The van der Waals surface area contributed by atoms with E-state index in [0.717, 1.165) is 5.56 Å². The highest BCUT2D eigenvalue weighted by molar-refractivity contribution is 6.33. The Morgan fingerprint density at radius 2 is 1.76 bits per heavy atom. The van der Waals surface area contributed by atoms with Crippen LogP contribution in [0.1, 0.15) is 0 Å². The van der Waals surface area contributed by atoms with E-state index in [-0.39, 0.29) is 0 Å². The van der Waals surface area contributed by atoms with Crippen molar-refractivity contribution >= 4 is 29.0 Å². The van der Waals surface area contributed by atoms with Crippen molar-refractivity contribution in [1.82, 2.24) is 19.6 Å². The number of rotatable bonds is 1. The van der Waals surface area contributed by atoms with Crippen molar-refractivity contribution in [3.63, 3.8) is 0 Å². The van der Waals surface area contributed by atoms with Crippen molar-refractivity contribution in [2.24, 2.45) is 0 Å². The lowest BCUT2D eigenvalue weighted by Crippen LogP contribution is -1.92. The van der Waals surface area contributed by atoms with Gasteiger partial charge >= 0.3 is 0 Å². The molecular formula is C11H6Cl2N4. The highest BCUT2D eigenvalue weighted by Gasteiger charge is 2.10. The molecule has 0 saturated carbocycles. The molecule has 0 saturated heterocycles. The van der Waals surface area contributed by atoms with Crippen molar-refractivity contribution in [2.75, 3.05) is 0 Å². The minimum atomic E-state index is 0.300. The van der Waals surface area contributed by atoms with Crippen LogP contribution in [0.3, 0.4) is 0 Å². The van der Waals surface area contributed by atoms with E-state index >= 15 is 0 Å². The highest BCUT2D eigenvalue weighted by atomic mass is 35.5. The zero-order chi connectivity index (χ0) is 11.8. The summed E-state index contributed by atoms with van der Waals surface area (Å²) in [5, 5.41) is 4.96. The average molecular weight is 265 g/mol. The van der Waals surface area contributed by atoms with Crippen molar-refractivity contribution in [3.05, 3.63) is 46.7 Å². The molecule has 0 atom stereocenters. The van der Waals surface area contributed by atoms with E-state index in [1.165, 1.54) is 10.6 Å². The second-order valence-electron chi connectivity index (χ2n) is 3.41. The molecule has 0 unspecified atom stereocenters. The SMILES string of the molecule is Clc1cc(Cl)n2nc(-c3ccccc3)nc2n1. The summed E-state index contributed by atoms with van der Waals surface area (Å²) in [5.74, 6) is 0.962. The number of hydrogen-bond donors (Lipinski definition) is 0. The number of halogens is 2. The third-order valence-electron chi connectivity index (χ3n) is 2.27. The van der Waals surface area contributed by atoms with Gasteiger partial charge in [-0.25, -0.2) is 0 Å². The lowest BCUT2D eigenvalue weighted by molar-refractivity contribution is 0.943. The summed E-state index contributed by atoms with van der Waals surface area (Å²) < 4.78 is 1.45. The number of nitrogens with zero attached hydrogens (tertiary/aromatic N) is 4. The molecule has 0 aliphatic rings. The van der Waals surface area contributed by atoms with E-state index in [1.54, 1.807) is 0 Å². The Kier molecular flexibility index (Phi) is 2.46. The lowest BCUT2D eigenvalue weighted by Gasteiger charge is -1.94. The molecule has 84 valence electrons. The van der Waals surface area contributed by atoms with Gasteiger partial charge in [-0.05, 0) is 0 Å². The van der Waals surface area contributed by atoms with Crippen LogP contribution in [0.5, 0.6) is 0 Å². The molecule has 1 aromatic carbocycles. The first-order valence-corrected chi connectivity index (χ1v) is 5.64. The van der Waals surface area contributed by atoms with Gasteiger partial charge in [-0.1, -0.05) is 53.5 Å². The summed E-state index contributed by atoms with van der Waals surface area (Å²) in [6, 6.07) is 11.1. The number of fused-ring (bicyclic) bond motifs is 1. The average Bonchev–Trinajstić information content (AvgIpc) is 2.74. The van der Waals surface area contributed by atoms with E-state index in [4.69, 9.17) is 23.2 Å². The van der Waals surface area contributed by atoms with Gasteiger partial charge in [0.25, 0.3) is 5.78 Å². The Morgan fingerprint density at radius 1 is 1.00 bits per heavy atom. The summed E-state index contributed by atoms with van der Waals surface area (Å²) >= 11 is 11.8. The summed E-state index contributed by atoms with van der Waals surface area (Å²) in [6.45, 7) is 0. The Hall–Kier alpha value is -1.65. The summed E-state index contributed by atoms with van der Waals surface area (Å²) in [5.41, 5.74) is 0.908. The maximum absolute atomic E-state index is 6.00. The molecule has 2 aromatic heterocycles. The molecule has 0 N–H and O–H groups in total. The largest absolute Gasteiger partial charge is 0.255 e. The Bertz CT molecular complexity index is 679. The van der Waals surface area contributed by atoms with Crippen LogP contribution >= 0.6 is 23.2 Å². The molecule has 4 nitrogen and oxygen atoms in total. The predicted molar refractivity (Wildman–Crippen MR) is 66.2 cm³/mol. The van der Waals surface area contributed by atoms with Crippen LogP contribution in [0.25, 0.3) is 17.2 Å². The molecule has 6 heteroatoms. The third-order valence-corrected chi connectivity index (χ3v) is 2.73. The second kappa shape index (κ2) is 3.98. The van der Waals surface area contributed by atoms with E-state index in [9.17, 15) is 0 Å². The Labute approximate surface area is 107 Å². The van der Waals surface area contributed by atoms with E-state index in [2.05, 4.69) is 15.1 Å². The molecule has 0 bridgehead atoms. The molecule has 0 radical (unpaired) electrons. The fourth-order valence-electron chi connectivity index (χ4n) is 1.52. The smallest absolute Gasteiger partial charge is 0.199 e. The van der Waals surface area contributed by atoms with Crippen LogP contribution in [0.2, 0.25) is 10.3 Å². The molecule has 0 aliphatic carbocycles. The molecule has 3 aromatic rings. The molecule has 2 heterocycles. The normalized spacial score (nSPS) is 10.9. The van der Waals surface area contributed by atoms with Gasteiger partial charge in [0, 0.05) is 11.6 Å². The van der Waals surface area contributed by atoms with Gasteiger partial charge in [0.1, 0.15) is 10.3 Å². The Balaban J connectivity index is 2.24. The topological polar surface area (TPSA) is 43.1 Å². The van der Waals surface area contributed by atoms with Crippen LogP contribution in [-0.2, 0) is 0 Å². The number of aromatic nitrogens is 4. The number of benzene rings is 1. The van der Waals surface area contributed by atoms with Crippen LogP contribution < -0.4 is 0 Å². The molecular weight excluding hydrogens is 259 g/mol. The van der Waals surface area contributed by atoms with Crippen LogP contribution in [0.4, 0.5) is 0 Å². The maximum atomic E-state index is 6.00. The lowest BCUT2D eigenvalue weighted by atomic mass is 10.2. The van der Waals surface area contributed by atoms with Gasteiger partial charge in [-0.3, -0.25) is 0 Å². The molecule has 3 rings (SSSR count). The maximum Gasteiger partial charge on any atom is 0.255 e. The zero-order valence-electron chi connectivity index (χ0n) is 8.51. The summed E-state index contributed by atoms with van der Waals surface area (Å²) in [6.07, 6.45) is 0. The monoisotopic (exact) mass is 264 g/mol. The van der Waals surface area contributed by atoms with Crippen LogP contribution in [0, 0.1) is 0 Å². The van der Waals surface area contributed by atoms with Crippen LogP contribution in [-0.4, -0.2) is 19.6 Å². The molecule has 0 fully saturated rings. The molecule has 0 amide bonds. The van der Waals surface area contributed by atoms with Gasteiger partial charge < -0.3 is 0 Å². The van der Waals surface area contributed by atoms with Gasteiger partial charge in [-0.2, -0.15) is 14.5 Å². The highest BCUT2D eigenvalue weighted by Crippen LogP contribution is 2.19. The summed E-state index contributed by atoms with van der Waals surface area (Å²) in [7, 11) is 0. The molecule has 0 aliphatic heterocycles. The fraction of sp³-hybridized carbons (Fsp3) is 0. The fourth-order valence-corrected chi connectivity index (χ4v) is 1.97. The minimum Gasteiger partial charge on any atom is -0.199 e. The van der Waals surface area contributed by atoms with E-state index in [0.29, 0.717) is 21.9 Å². The Morgan fingerprint density at radius 3 is 2.53 bits per heavy atom. The van der Waals surface area contributed by atoms with Gasteiger partial charge in [0.15, 0.2) is 5.82 Å². The van der Waals surface area contributed by atoms with Crippen LogP contribution in [0.15, 0.2) is 36.4 Å². The van der Waals surface area contributed by atoms with Gasteiger partial charge in [0.05, 0.1) is 0 Å². The summed E-state index contributed by atoms with van der Waals surface area (Å²) in [4.78, 5) is 8.33. The van der Waals surface area contributed by atoms with E-state index < -0.39 is 0 Å². The zero-order valence-corrected chi connectivity index (χ0v) is 10.0. The number of hydrogen-bond acceptors (Lipinski definition) is 3. The van der Waals surface area contributed by atoms with Crippen molar-refractivity contribution < 1.29 is 0 Å². The van der Waals surface area contributed by atoms with Crippen molar-refractivity contribution in [1.29, 1.82) is 0 Å². The van der Waals surface area contributed by atoms with Crippen molar-refractivity contribution in [2.45, 2.75) is 0 Å².